The van der Waals surface area contributed by atoms with E-state index < -0.39 is 53.5 Å². The fraction of sp³-hybridized carbons (Fsp3) is 0.677. The minimum atomic E-state index is -1.21. The molecule has 9 atom stereocenters. The summed E-state index contributed by atoms with van der Waals surface area (Å²) < 4.78 is 29.5. The van der Waals surface area contributed by atoms with Gasteiger partial charge in [0.25, 0.3) is 0 Å². The maximum absolute atomic E-state index is 12.9. The van der Waals surface area contributed by atoms with E-state index in [0.717, 1.165) is 5.57 Å². The van der Waals surface area contributed by atoms with Crippen molar-refractivity contribution in [1.29, 1.82) is 0 Å². The lowest BCUT2D eigenvalue weighted by Gasteiger charge is -2.61. The average Bonchev–Trinajstić information content (AvgIpc) is 3.16. The van der Waals surface area contributed by atoms with Crippen LogP contribution in [0.2, 0.25) is 0 Å². The van der Waals surface area contributed by atoms with Crippen LogP contribution in [0.3, 0.4) is 0 Å². The topological polar surface area (TPSA) is 114 Å². The van der Waals surface area contributed by atoms with Crippen LogP contribution in [0.5, 0.6) is 0 Å². The van der Waals surface area contributed by atoms with Gasteiger partial charge in [0, 0.05) is 26.3 Å². The van der Waals surface area contributed by atoms with Crippen molar-refractivity contribution in [3.63, 3.8) is 0 Å². The third-order valence-corrected chi connectivity index (χ3v) is 9.23. The molecule has 9 heteroatoms. The highest BCUT2D eigenvalue weighted by Gasteiger charge is 2.72. The number of ether oxygens (including phenoxy) is 5. The first kappa shape index (κ1) is 31.6. The van der Waals surface area contributed by atoms with Crippen LogP contribution in [0.15, 0.2) is 36.5 Å². The highest BCUT2D eigenvalue weighted by Crippen LogP contribution is 2.68. The van der Waals surface area contributed by atoms with Crippen LogP contribution in [0, 0.1) is 28.6 Å². The first-order valence-electron chi connectivity index (χ1n) is 14.1. The molecule has 3 rings (SSSR count). The average molecular weight is 561 g/mol. The summed E-state index contributed by atoms with van der Waals surface area (Å²) in [5.74, 6) is -2.63. The van der Waals surface area contributed by atoms with Crippen LogP contribution in [-0.2, 0) is 42.9 Å². The van der Waals surface area contributed by atoms with Gasteiger partial charge in [-0.2, -0.15) is 0 Å². The molecule has 3 aliphatic rings. The Morgan fingerprint density at radius 3 is 2.25 bits per heavy atom. The van der Waals surface area contributed by atoms with E-state index in [9.17, 15) is 19.2 Å². The Balaban J connectivity index is 2.28. The number of esters is 4. The number of rotatable bonds is 10. The molecule has 0 radical (unpaired) electrons. The van der Waals surface area contributed by atoms with Crippen LogP contribution in [0.25, 0.3) is 0 Å². The number of hydrogen-bond acceptors (Lipinski definition) is 9. The van der Waals surface area contributed by atoms with E-state index in [4.69, 9.17) is 23.7 Å². The van der Waals surface area contributed by atoms with E-state index in [1.807, 2.05) is 13.8 Å². The molecule has 2 fully saturated rings. The summed E-state index contributed by atoms with van der Waals surface area (Å²) in [6.07, 6.45) is 2.47. The normalized spacial score (nSPS) is 35.2. The van der Waals surface area contributed by atoms with E-state index in [0.29, 0.717) is 37.7 Å². The molecule has 0 bridgehead atoms. The second-order valence-corrected chi connectivity index (χ2v) is 11.7. The number of allylic oxidation sites excluding steroid dienone is 2. The molecule has 0 aromatic heterocycles. The lowest BCUT2D eigenvalue weighted by molar-refractivity contribution is -0.257. The molecule has 40 heavy (non-hydrogen) atoms. The van der Waals surface area contributed by atoms with Gasteiger partial charge in [-0.15, -0.1) is 0 Å². The summed E-state index contributed by atoms with van der Waals surface area (Å²) in [6, 6.07) is 0. The molecule has 0 amide bonds. The summed E-state index contributed by atoms with van der Waals surface area (Å²) in [7, 11) is 0. The second kappa shape index (κ2) is 12.3. The smallest absolute Gasteiger partial charge is 0.309 e. The highest BCUT2D eigenvalue weighted by molar-refractivity contribution is 5.72. The van der Waals surface area contributed by atoms with E-state index in [1.54, 1.807) is 12.2 Å². The van der Waals surface area contributed by atoms with Crippen molar-refractivity contribution >= 4 is 23.9 Å². The molecule has 9 nitrogen and oxygen atoms in total. The van der Waals surface area contributed by atoms with Gasteiger partial charge >= 0.3 is 23.9 Å². The van der Waals surface area contributed by atoms with Gasteiger partial charge in [-0.3, -0.25) is 23.9 Å². The molecule has 1 saturated heterocycles. The molecule has 1 aliphatic heterocycles. The predicted molar refractivity (Wildman–Crippen MR) is 146 cm³/mol. The third-order valence-electron chi connectivity index (χ3n) is 9.23. The maximum atomic E-state index is 12.9. The lowest BCUT2D eigenvalue weighted by atomic mass is 9.45. The van der Waals surface area contributed by atoms with E-state index in [2.05, 4.69) is 27.0 Å². The quantitative estimate of drug-likeness (QED) is 0.154. The fourth-order valence-corrected chi connectivity index (χ4v) is 6.76. The standard InChI is InChI=1S/C31H44O9/c1-10-17(3)12-13-30(9)19(5)14-26(36-20(6)32)31-24(28(37-21(7)33)40-29(31)38-22(8)34)15-23(16-25(30)31)39-27(35)18(4)11-2/h10,15,18-19,23,25-26,28-29H,1,3,11-14,16H2,2,4-9H3/t18-,19-,23+,25+,26+,28+,29-,30-,31-/m0/s1. The van der Waals surface area contributed by atoms with Crippen molar-refractivity contribution in [2.24, 2.45) is 28.6 Å². The van der Waals surface area contributed by atoms with Crippen molar-refractivity contribution in [3.05, 3.63) is 36.5 Å². The van der Waals surface area contributed by atoms with Gasteiger partial charge in [0.05, 0.1) is 5.92 Å². The van der Waals surface area contributed by atoms with Crippen LogP contribution in [-0.4, -0.2) is 48.7 Å². The van der Waals surface area contributed by atoms with Crippen LogP contribution < -0.4 is 0 Å². The molecular weight excluding hydrogens is 516 g/mol. The van der Waals surface area contributed by atoms with Crippen LogP contribution in [0.1, 0.15) is 80.6 Å². The summed E-state index contributed by atoms with van der Waals surface area (Å²) in [6.45, 7) is 19.8. The molecule has 1 spiro atoms. The van der Waals surface area contributed by atoms with Crippen molar-refractivity contribution in [2.45, 2.75) is 105 Å². The van der Waals surface area contributed by atoms with Gasteiger partial charge < -0.3 is 18.9 Å². The van der Waals surface area contributed by atoms with Gasteiger partial charge in [-0.1, -0.05) is 52.5 Å². The van der Waals surface area contributed by atoms with E-state index >= 15 is 0 Å². The van der Waals surface area contributed by atoms with Gasteiger partial charge in [-0.25, -0.2) is 0 Å². The third kappa shape index (κ3) is 5.90. The monoisotopic (exact) mass is 560 g/mol. The molecule has 1 saturated carbocycles. The highest BCUT2D eigenvalue weighted by atomic mass is 16.8. The molecule has 0 N–H and O–H groups in total. The summed E-state index contributed by atoms with van der Waals surface area (Å²) in [5.41, 5.74) is -0.240. The fourth-order valence-electron chi connectivity index (χ4n) is 6.76. The largest absolute Gasteiger partial charge is 0.461 e. The predicted octanol–water partition coefficient (Wildman–Crippen LogP) is 5.19. The Labute approximate surface area is 237 Å². The zero-order valence-corrected chi connectivity index (χ0v) is 24.8. The maximum Gasteiger partial charge on any atom is 0.309 e. The number of carbonyl (C=O) groups excluding carboxylic acids is 4. The second-order valence-electron chi connectivity index (χ2n) is 11.7. The number of hydrogen-bond donors (Lipinski definition) is 0. The first-order valence-corrected chi connectivity index (χ1v) is 14.1. The van der Waals surface area contributed by atoms with Crippen molar-refractivity contribution < 1.29 is 42.9 Å². The number of carbonyl (C=O) groups is 4. The van der Waals surface area contributed by atoms with E-state index in [1.165, 1.54) is 20.8 Å². The van der Waals surface area contributed by atoms with E-state index in [-0.39, 0.29) is 23.7 Å². The van der Waals surface area contributed by atoms with Gasteiger partial charge in [0.2, 0.25) is 12.6 Å². The summed E-state index contributed by atoms with van der Waals surface area (Å²) in [4.78, 5) is 49.9. The van der Waals surface area contributed by atoms with Crippen molar-refractivity contribution in [3.8, 4) is 0 Å². The summed E-state index contributed by atoms with van der Waals surface area (Å²) >= 11 is 0. The molecule has 0 aromatic rings. The van der Waals surface area contributed by atoms with Crippen molar-refractivity contribution in [1.82, 2.24) is 0 Å². The molecule has 0 unspecified atom stereocenters. The minimum Gasteiger partial charge on any atom is -0.461 e. The van der Waals surface area contributed by atoms with Gasteiger partial charge in [0.15, 0.2) is 0 Å². The zero-order valence-electron chi connectivity index (χ0n) is 24.8. The Kier molecular flexibility index (Phi) is 9.70. The molecule has 1 heterocycles. The van der Waals surface area contributed by atoms with Crippen molar-refractivity contribution in [2.75, 3.05) is 0 Å². The van der Waals surface area contributed by atoms with Gasteiger partial charge in [0.1, 0.15) is 17.6 Å². The molecule has 0 aromatic carbocycles. The summed E-state index contributed by atoms with van der Waals surface area (Å²) in [5, 5.41) is 0. The zero-order chi connectivity index (χ0) is 30.0. The molecule has 222 valence electrons. The Morgan fingerprint density at radius 1 is 1.07 bits per heavy atom. The van der Waals surface area contributed by atoms with Gasteiger partial charge in [-0.05, 0) is 55.4 Å². The molecular formula is C31H44O9. The lowest BCUT2D eigenvalue weighted by Crippen LogP contribution is -2.64. The van der Waals surface area contributed by atoms with Crippen LogP contribution >= 0.6 is 0 Å². The van der Waals surface area contributed by atoms with Crippen LogP contribution in [0.4, 0.5) is 0 Å². The SMILES string of the molecule is C=CC(=C)CC[C@]1(C)[C@H]2C[C@H](OC(=O)[C@@H](C)CC)C=C3[C@H](OC(C)=O)O[C@H](OC(C)=O)[C@@]32[C@H](OC(C)=O)C[C@@H]1C. The Bertz CT molecular complexity index is 1080. The minimum absolute atomic E-state index is 0.0427. The Hall–Kier alpha value is -2.94. The first-order chi connectivity index (χ1) is 18.7. The Morgan fingerprint density at radius 2 is 1.70 bits per heavy atom. The molecule has 2 aliphatic carbocycles.